The molecule has 0 aliphatic rings. The lowest BCUT2D eigenvalue weighted by molar-refractivity contribution is 0.192. The molecule has 0 spiro atoms. The van der Waals surface area contributed by atoms with Crippen LogP contribution in [0.2, 0.25) is 0 Å². The fourth-order valence-electron chi connectivity index (χ4n) is 0.370. The zero-order valence-electron chi connectivity index (χ0n) is 5.05. The molecule has 0 rings (SSSR count). The molecule has 0 aliphatic heterocycles. The van der Waals surface area contributed by atoms with Gasteiger partial charge in [-0.2, -0.15) is 0 Å². The Morgan fingerprint density at radius 3 is 2.75 bits per heavy atom. The Labute approximate surface area is 50.4 Å². The van der Waals surface area contributed by atoms with E-state index in [0.29, 0.717) is 0 Å². The van der Waals surface area contributed by atoms with Crippen LogP contribution in [0.5, 0.6) is 0 Å². The number of hydrogen-bond donors (Lipinski definition) is 0. The summed E-state index contributed by atoms with van der Waals surface area (Å²) in [6, 6.07) is 0. The minimum Gasteiger partial charge on any atom is -0.486 e. The monoisotopic (exact) mass is 110 g/mol. The number of ether oxygens (including phenoxy) is 1. The Hall–Kier alpha value is -0.900. The van der Waals surface area contributed by atoms with E-state index in [1.807, 2.05) is 6.92 Å². The van der Waals surface area contributed by atoms with E-state index in [2.05, 4.69) is 12.5 Å². The van der Waals surface area contributed by atoms with Gasteiger partial charge in [-0.15, -0.1) is 6.42 Å². The minimum absolute atomic E-state index is 0.0903. The predicted octanol–water partition coefficient (Wildman–Crippen LogP) is 1.56. The Morgan fingerprint density at radius 1 is 2.00 bits per heavy atom. The van der Waals surface area contributed by atoms with Crippen molar-refractivity contribution in [2.45, 2.75) is 19.4 Å². The Bertz CT molecular complexity index is 99.4. The summed E-state index contributed by atoms with van der Waals surface area (Å²) >= 11 is 0. The van der Waals surface area contributed by atoms with E-state index in [-0.39, 0.29) is 6.10 Å². The maximum atomic E-state index is 5.05. The van der Waals surface area contributed by atoms with Crippen molar-refractivity contribution < 1.29 is 4.74 Å². The first-order valence-corrected chi connectivity index (χ1v) is 2.57. The topological polar surface area (TPSA) is 9.23 Å². The van der Waals surface area contributed by atoms with Gasteiger partial charge in [0.25, 0.3) is 0 Å². The molecular weight excluding hydrogens is 100 g/mol. The van der Waals surface area contributed by atoms with E-state index < -0.39 is 0 Å². The minimum atomic E-state index is -0.0903. The van der Waals surface area contributed by atoms with Crippen molar-refractivity contribution in [3.63, 3.8) is 0 Å². The lowest BCUT2D eigenvalue weighted by Crippen LogP contribution is -2.02. The summed E-state index contributed by atoms with van der Waals surface area (Å²) in [6.45, 7) is 5.34. The zero-order chi connectivity index (χ0) is 6.41. The second kappa shape index (κ2) is 4.26. The number of rotatable bonds is 3. The first-order valence-electron chi connectivity index (χ1n) is 2.57. The highest BCUT2D eigenvalue weighted by Gasteiger charge is 1.95. The summed E-state index contributed by atoms with van der Waals surface area (Å²) in [5, 5.41) is 0. The first kappa shape index (κ1) is 7.10. The quantitative estimate of drug-likeness (QED) is 0.395. The molecule has 44 valence electrons. The van der Waals surface area contributed by atoms with Gasteiger partial charge in [0.05, 0.1) is 6.26 Å². The lowest BCUT2D eigenvalue weighted by Gasteiger charge is -2.04. The summed E-state index contributed by atoms with van der Waals surface area (Å²) in [5.41, 5.74) is 0. The number of terminal acetylenes is 1. The highest BCUT2D eigenvalue weighted by atomic mass is 16.5. The van der Waals surface area contributed by atoms with E-state index in [9.17, 15) is 0 Å². The highest BCUT2D eigenvalue weighted by Crippen LogP contribution is 1.93. The predicted molar refractivity (Wildman–Crippen MR) is 34.2 cm³/mol. The molecule has 0 radical (unpaired) electrons. The molecule has 0 saturated heterocycles. The summed E-state index contributed by atoms with van der Waals surface area (Å²) < 4.78 is 4.87. The second-order valence-electron chi connectivity index (χ2n) is 1.37. The van der Waals surface area contributed by atoms with Crippen molar-refractivity contribution in [2.24, 2.45) is 0 Å². The smallest absolute Gasteiger partial charge is 0.157 e. The van der Waals surface area contributed by atoms with Crippen LogP contribution in [0.15, 0.2) is 12.8 Å². The van der Waals surface area contributed by atoms with Gasteiger partial charge in [-0.25, -0.2) is 0 Å². The fraction of sp³-hybridized carbons (Fsp3) is 0.429. The molecule has 0 saturated carbocycles. The van der Waals surface area contributed by atoms with Crippen LogP contribution < -0.4 is 0 Å². The zero-order valence-corrected chi connectivity index (χ0v) is 5.05. The average molecular weight is 110 g/mol. The van der Waals surface area contributed by atoms with Gasteiger partial charge in [0, 0.05) is 0 Å². The molecule has 0 heterocycles. The third kappa shape index (κ3) is 2.30. The average Bonchev–Trinajstić information content (AvgIpc) is 1.83. The Morgan fingerprint density at radius 2 is 2.62 bits per heavy atom. The highest BCUT2D eigenvalue weighted by molar-refractivity contribution is 4.94. The molecule has 1 atom stereocenters. The van der Waals surface area contributed by atoms with Crippen LogP contribution in [0, 0.1) is 12.3 Å². The first-order chi connectivity index (χ1) is 3.85. The maximum absolute atomic E-state index is 5.05. The maximum Gasteiger partial charge on any atom is 0.157 e. The van der Waals surface area contributed by atoms with E-state index in [0.717, 1.165) is 6.42 Å². The van der Waals surface area contributed by atoms with Gasteiger partial charge in [0.15, 0.2) is 6.10 Å². The number of hydrogen-bond acceptors (Lipinski definition) is 1. The molecule has 0 bridgehead atoms. The van der Waals surface area contributed by atoms with Crippen LogP contribution >= 0.6 is 0 Å². The van der Waals surface area contributed by atoms with Gasteiger partial charge < -0.3 is 4.74 Å². The van der Waals surface area contributed by atoms with Crippen LogP contribution in [-0.2, 0) is 4.74 Å². The lowest BCUT2D eigenvalue weighted by atomic mass is 10.3. The molecular formula is C7H10O. The third-order valence-corrected chi connectivity index (χ3v) is 0.817. The van der Waals surface area contributed by atoms with Gasteiger partial charge >= 0.3 is 0 Å². The van der Waals surface area contributed by atoms with Crippen molar-refractivity contribution >= 4 is 0 Å². The molecule has 0 N–H and O–H groups in total. The van der Waals surface area contributed by atoms with Gasteiger partial charge in [0.1, 0.15) is 0 Å². The van der Waals surface area contributed by atoms with Crippen molar-refractivity contribution in [3.05, 3.63) is 12.8 Å². The van der Waals surface area contributed by atoms with Gasteiger partial charge in [-0.3, -0.25) is 0 Å². The molecule has 1 nitrogen and oxygen atoms in total. The summed E-state index contributed by atoms with van der Waals surface area (Å²) in [5.74, 6) is 2.46. The summed E-state index contributed by atoms with van der Waals surface area (Å²) in [6.07, 6.45) is 7.16. The van der Waals surface area contributed by atoms with Gasteiger partial charge in [0.2, 0.25) is 0 Å². The Kier molecular flexibility index (Phi) is 3.78. The van der Waals surface area contributed by atoms with Crippen LogP contribution in [0.3, 0.4) is 0 Å². The van der Waals surface area contributed by atoms with Crippen LogP contribution in [-0.4, -0.2) is 6.10 Å². The molecule has 0 aromatic rings. The fourth-order valence-corrected chi connectivity index (χ4v) is 0.370. The third-order valence-electron chi connectivity index (χ3n) is 0.817. The standard InChI is InChI=1S/C7H10O/c1-4-7(5-2)8-6-3/h1,6-7H,3,5H2,2H3. The van der Waals surface area contributed by atoms with Crippen molar-refractivity contribution in [3.8, 4) is 12.3 Å². The second-order valence-corrected chi connectivity index (χ2v) is 1.37. The Balaban J connectivity index is 3.40. The van der Waals surface area contributed by atoms with Crippen LogP contribution in [0.4, 0.5) is 0 Å². The normalized spacial score (nSPS) is 11.5. The summed E-state index contributed by atoms with van der Waals surface area (Å²) in [4.78, 5) is 0. The van der Waals surface area contributed by atoms with E-state index in [1.165, 1.54) is 6.26 Å². The van der Waals surface area contributed by atoms with E-state index in [4.69, 9.17) is 11.2 Å². The van der Waals surface area contributed by atoms with E-state index >= 15 is 0 Å². The molecule has 0 aromatic carbocycles. The van der Waals surface area contributed by atoms with Gasteiger partial charge in [-0.05, 0) is 6.42 Å². The van der Waals surface area contributed by atoms with Crippen molar-refractivity contribution in [1.82, 2.24) is 0 Å². The van der Waals surface area contributed by atoms with Crippen LogP contribution in [0.1, 0.15) is 13.3 Å². The molecule has 0 fully saturated rings. The van der Waals surface area contributed by atoms with Crippen molar-refractivity contribution in [2.75, 3.05) is 0 Å². The summed E-state index contributed by atoms with van der Waals surface area (Å²) in [7, 11) is 0. The molecule has 0 aromatic heterocycles. The van der Waals surface area contributed by atoms with Gasteiger partial charge in [-0.1, -0.05) is 19.4 Å². The van der Waals surface area contributed by atoms with E-state index in [1.54, 1.807) is 0 Å². The molecule has 8 heavy (non-hydrogen) atoms. The molecule has 0 amide bonds. The SMILES string of the molecule is C#CC(CC)OC=C. The largest absolute Gasteiger partial charge is 0.486 e. The van der Waals surface area contributed by atoms with Crippen molar-refractivity contribution in [1.29, 1.82) is 0 Å². The molecule has 1 unspecified atom stereocenters. The van der Waals surface area contributed by atoms with Crippen LogP contribution in [0.25, 0.3) is 0 Å². The molecule has 0 aliphatic carbocycles. The molecule has 1 heteroatoms.